The molecule has 2 aromatic rings. The van der Waals surface area contributed by atoms with Crippen molar-refractivity contribution in [2.24, 2.45) is 0 Å². The maximum absolute atomic E-state index is 12.4. The number of benzene rings is 2. The minimum Gasteiger partial charge on any atom is -0.302 e. The molecule has 110 valence electrons. The fourth-order valence-corrected chi connectivity index (χ4v) is 2.56. The van der Waals surface area contributed by atoms with Gasteiger partial charge in [-0.1, -0.05) is 45.7 Å². The molecule has 6 heteroatoms. The zero-order valence-corrected chi connectivity index (χ0v) is 13.6. The molecule has 0 unspecified atom stereocenters. The molecule has 1 heterocycles. The Morgan fingerprint density at radius 2 is 1.82 bits per heavy atom. The molecule has 0 saturated carbocycles. The molecule has 1 saturated heterocycles. The molecule has 1 aliphatic heterocycles. The Balaban J connectivity index is 1.93. The largest absolute Gasteiger partial charge is 0.333 e. The van der Waals surface area contributed by atoms with Crippen molar-refractivity contribution < 1.29 is 9.59 Å². The first-order valence-electron chi connectivity index (χ1n) is 6.43. The van der Waals surface area contributed by atoms with Gasteiger partial charge >= 0.3 is 6.03 Å². The van der Waals surface area contributed by atoms with Crippen LogP contribution in [0.4, 0.5) is 10.5 Å². The molecule has 1 aliphatic rings. The van der Waals surface area contributed by atoms with Crippen molar-refractivity contribution in [2.45, 2.75) is 0 Å². The van der Waals surface area contributed by atoms with Crippen LogP contribution in [-0.4, -0.2) is 11.9 Å². The summed E-state index contributed by atoms with van der Waals surface area (Å²) < 4.78 is 0.942. The van der Waals surface area contributed by atoms with Gasteiger partial charge in [-0.25, -0.2) is 9.69 Å². The first-order valence-corrected chi connectivity index (χ1v) is 7.60. The molecular weight excluding hydrogens is 368 g/mol. The van der Waals surface area contributed by atoms with Gasteiger partial charge in [0.25, 0.3) is 5.91 Å². The van der Waals surface area contributed by atoms with Crippen molar-refractivity contribution in [1.82, 2.24) is 5.32 Å². The molecule has 0 radical (unpaired) electrons. The summed E-state index contributed by atoms with van der Waals surface area (Å²) in [6, 6.07) is 13.5. The van der Waals surface area contributed by atoms with Crippen LogP contribution < -0.4 is 10.2 Å². The van der Waals surface area contributed by atoms with Crippen molar-refractivity contribution in [1.29, 1.82) is 0 Å². The van der Waals surface area contributed by atoms with Crippen LogP contribution in [0.5, 0.6) is 0 Å². The van der Waals surface area contributed by atoms with Gasteiger partial charge in [0.15, 0.2) is 0 Å². The number of imide groups is 1. The second kappa shape index (κ2) is 5.94. The summed E-state index contributed by atoms with van der Waals surface area (Å²) in [5.41, 5.74) is 1.49. The Kier molecular flexibility index (Phi) is 4.00. The van der Waals surface area contributed by atoms with Crippen molar-refractivity contribution in [2.75, 3.05) is 4.90 Å². The lowest BCUT2D eigenvalue weighted by atomic mass is 10.2. The van der Waals surface area contributed by atoms with E-state index in [1.54, 1.807) is 30.3 Å². The molecule has 0 bridgehead atoms. The van der Waals surface area contributed by atoms with Crippen LogP contribution in [0.3, 0.4) is 0 Å². The van der Waals surface area contributed by atoms with E-state index < -0.39 is 11.9 Å². The van der Waals surface area contributed by atoms with E-state index in [2.05, 4.69) is 21.2 Å². The smallest absolute Gasteiger partial charge is 0.302 e. The fourth-order valence-electron chi connectivity index (χ4n) is 2.11. The Hall–Kier alpha value is -2.11. The molecule has 22 heavy (non-hydrogen) atoms. The lowest BCUT2D eigenvalue weighted by Crippen LogP contribution is -2.30. The summed E-state index contributed by atoms with van der Waals surface area (Å²) in [7, 11) is 0. The molecule has 3 amide bonds. The maximum Gasteiger partial charge on any atom is 0.333 e. The molecule has 0 aliphatic carbocycles. The van der Waals surface area contributed by atoms with Gasteiger partial charge in [-0.05, 0) is 42.0 Å². The zero-order chi connectivity index (χ0) is 15.7. The van der Waals surface area contributed by atoms with Crippen LogP contribution in [0, 0.1) is 0 Å². The summed E-state index contributed by atoms with van der Waals surface area (Å²) in [6.45, 7) is 0. The summed E-state index contributed by atoms with van der Waals surface area (Å²) in [5.74, 6) is -0.407. The van der Waals surface area contributed by atoms with Gasteiger partial charge in [-0.3, -0.25) is 4.79 Å². The van der Waals surface area contributed by atoms with Gasteiger partial charge in [-0.15, -0.1) is 0 Å². The number of urea groups is 1. The monoisotopic (exact) mass is 376 g/mol. The van der Waals surface area contributed by atoms with Gasteiger partial charge in [0.05, 0.1) is 5.69 Å². The average molecular weight is 378 g/mol. The summed E-state index contributed by atoms with van der Waals surface area (Å²) >= 11 is 9.26. The van der Waals surface area contributed by atoms with Crippen LogP contribution in [0.1, 0.15) is 5.56 Å². The number of anilines is 1. The van der Waals surface area contributed by atoms with Gasteiger partial charge in [-0.2, -0.15) is 0 Å². The number of carbonyl (C=O) groups is 2. The maximum atomic E-state index is 12.4. The van der Waals surface area contributed by atoms with E-state index in [0.717, 1.165) is 14.9 Å². The predicted molar refractivity (Wildman–Crippen MR) is 89.6 cm³/mol. The summed E-state index contributed by atoms with van der Waals surface area (Å²) in [4.78, 5) is 25.5. The quantitative estimate of drug-likeness (QED) is 0.630. The third-order valence-electron chi connectivity index (χ3n) is 3.13. The van der Waals surface area contributed by atoms with Crippen molar-refractivity contribution in [3.8, 4) is 0 Å². The molecule has 1 N–H and O–H groups in total. The highest BCUT2D eigenvalue weighted by Gasteiger charge is 2.34. The first-order chi connectivity index (χ1) is 10.5. The number of rotatable bonds is 2. The lowest BCUT2D eigenvalue weighted by Gasteiger charge is -2.11. The van der Waals surface area contributed by atoms with Crippen molar-refractivity contribution in [3.05, 3.63) is 69.3 Å². The number of nitrogens with one attached hydrogen (secondary N) is 1. The SMILES string of the molecule is O=C1N/C(=C/c2ccc(Br)cc2)C(=O)N1c1cccc(Cl)c1. The minimum atomic E-state index is -0.490. The number of hydrogen-bond donors (Lipinski definition) is 1. The first kappa shape index (κ1) is 14.8. The topological polar surface area (TPSA) is 49.4 Å². The summed E-state index contributed by atoms with van der Waals surface area (Å²) in [5, 5.41) is 3.04. The molecule has 3 rings (SSSR count). The third-order valence-corrected chi connectivity index (χ3v) is 3.89. The van der Waals surface area contributed by atoms with Crippen LogP contribution in [0.25, 0.3) is 6.08 Å². The van der Waals surface area contributed by atoms with Gasteiger partial charge in [0, 0.05) is 9.50 Å². The Labute approximate surface area is 140 Å². The fraction of sp³-hybridized carbons (Fsp3) is 0. The number of carbonyl (C=O) groups excluding carboxylic acids is 2. The van der Waals surface area contributed by atoms with E-state index in [0.29, 0.717) is 10.7 Å². The van der Waals surface area contributed by atoms with Gasteiger partial charge in [0.1, 0.15) is 5.70 Å². The molecule has 0 aromatic heterocycles. The molecule has 2 aromatic carbocycles. The van der Waals surface area contributed by atoms with Gasteiger partial charge < -0.3 is 5.32 Å². The highest BCUT2D eigenvalue weighted by molar-refractivity contribution is 9.10. The molecule has 4 nitrogen and oxygen atoms in total. The highest BCUT2D eigenvalue weighted by atomic mass is 79.9. The van der Waals surface area contributed by atoms with E-state index in [-0.39, 0.29) is 5.70 Å². The van der Waals surface area contributed by atoms with Gasteiger partial charge in [0.2, 0.25) is 0 Å². The third kappa shape index (κ3) is 2.91. The van der Waals surface area contributed by atoms with E-state index in [4.69, 9.17) is 11.6 Å². The second-order valence-corrected chi connectivity index (χ2v) is 6.01. The van der Waals surface area contributed by atoms with E-state index in [1.165, 1.54) is 0 Å². The number of amides is 3. The van der Waals surface area contributed by atoms with Crippen LogP contribution in [0.2, 0.25) is 5.02 Å². The van der Waals surface area contributed by atoms with Crippen LogP contribution in [0.15, 0.2) is 58.7 Å². The molecule has 0 spiro atoms. The lowest BCUT2D eigenvalue weighted by molar-refractivity contribution is -0.113. The standard InChI is InChI=1S/C16H10BrClN2O2/c17-11-6-4-10(5-7-11)8-14-15(21)20(16(22)19-14)13-3-1-2-12(18)9-13/h1-9H,(H,19,22)/b14-8+. The number of halogens is 2. The highest BCUT2D eigenvalue weighted by Crippen LogP contribution is 2.25. The van der Waals surface area contributed by atoms with Crippen LogP contribution >= 0.6 is 27.5 Å². The molecular formula is C16H10BrClN2O2. The predicted octanol–water partition coefficient (Wildman–Crippen LogP) is 4.20. The van der Waals surface area contributed by atoms with E-state index >= 15 is 0 Å². The average Bonchev–Trinajstić information content (AvgIpc) is 2.76. The summed E-state index contributed by atoms with van der Waals surface area (Å²) in [6.07, 6.45) is 1.64. The van der Waals surface area contributed by atoms with Crippen LogP contribution in [-0.2, 0) is 4.79 Å². The zero-order valence-electron chi connectivity index (χ0n) is 11.2. The second-order valence-electron chi connectivity index (χ2n) is 4.66. The minimum absolute atomic E-state index is 0.229. The Bertz CT molecular complexity index is 787. The van der Waals surface area contributed by atoms with E-state index in [9.17, 15) is 9.59 Å². The molecule has 0 atom stereocenters. The van der Waals surface area contributed by atoms with Crippen molar-refractivity contribution in [3.63, 3.8) is 0 Å². The number of nitrogens with zero attached hydrogens (tertiary/aromatic N) is 1. The molecule has 1 fully saturated rings. The number of hydrogen-bond acceptors (Lipinski definition) is 2. The van der Waals surface area contributed by atoms with Crippen molar-refractivity contribution >= 4 is 51.2 Å². The Morgan fingerprint density at radius 3 is 2.50 bits per heavy atom. The Morgan fingerprint density at radius 1 is 1.09 bits per heavy atom. The van der Waals surface area contributed by atoms with E-state index in [1.807, 2.05) is 24.3 Å². The normalized spacial score (nSPS) is 16.3.